The van der Waals surface area contributed by atoms with Crippen LogP contribution in [0, 0.1) is 0 Å². The molecule has 0 spiro atoms. The number of rotatable bonds is 4. The maximum atomic E-state index is 13.3. The number of anilines is 1. The van der Waals surface area contributed by atoms with Gasteiger partial charge < -0.3 is 25.0 Å². The van der Waals surface area contributed by atoms with Crippen molar-refractivity contribution in [1.82, 2.24) is 14.8 Å². The summed E-state index contributed by atoms with van der Waals surface area (Å²) in [7, 11) is 3.37. The van der Waals surface area contributed by atoms with Crippen molar-refractivity contribution in [2.24, 2.45) is 0 Å². The van der Waals surface area contributed by atoms with Crippen LogP contribution in [-0.2, 0) is 4.74 Å². The van der Waals surface area contributed by atoms with E-state index in [4.69, 9.17) is 20.2 Å². The van der Waals surface area contributed by atoms with Crippen molar-refractivity contribution in [2.75, 3.05) is 46.1 Å². The number of carbonyl (C=O) groups is 1. The molecule has 0 saturated carbocycles. The summed E-state index contributed by atoms with van der Waals surface area (Å²) in [5, 5.41) is 1.76. The zero-order chi connectivity index (χ0) is 22.2. The van der Waals surface area contributed by atoms with Gasteiger partial charge >= 0.3 is 0 Å². The second-order valence-electron chi connectivity index (χ2n) is 7.98. The fourth-order valence-electron chi connectivity index (χ4n) is 4.38. The van der Waals surface area contributed by atoms with Gasteiger partial charge in [-0.05, 0) is 36.8 Å². The van der Waals surface area contributed by atoms with Gasteiger partial charge in [0.2, 0.25) is 0 Å². The average molecular weight is 451 g/mol. The van der Waals surface area contributed by atoms with E-state index in [1.165, 1.54) is 11.3 Å². The fraction of sp³-hybridized carbons (Fsp3) is 0.333. The van der Waals surface area contributed by atoms with Gasteiger partial charge in [0.1, 0.15) is 21.2 Å². The summed E-state index contributed by atoms with van der Waals surface area (Å²) >= 11 is 1.37. The highest BCUT2D eigenvalue weighted by atomic mass is 32.1. The van der Waals surface area contributed by atoms with Gasteiger partial charge in [-0.15, -0.1) is 11.3 Å². The Morgan fingerprint density at radius 3 is 2.69 bits per heavy atom. The van der Waals surface area contributed by atoms with E-state index >= 15 is 0 Å². The molecule has 3 aromatic rings. The van der Waals surface area contributed by atoms with Gasteiger partial charge in [-0.1, -0.05) is 6.08 Å². The zero-order valence-electron chi connectivity index (χ0n) is 18.3. The number of piperazine rings is 1. The third-order valence-electron chi connectivity index (χ3n) is 6.17. The number of nitrogens with two attached hydrogens (primary N) is 1. The van der Waals surface area contributed by atoms with E-state index in [0.29, 0.717) is 23.7 Å². The molecule has 2 aliphatic rings. The minimum absolute atomic E-state index is 0.0214. The summed E-state index contributed by atoms with van der Waals surface area (Å²) in [6, 6.07) is 7.74. The zero-order valence-corrected chi connectivity index (χ0v) is 19.1. The van der Waals surface area contributed by atoms with Gasteiger partial charge in [0.05, 0.1) is 31.1 Å². The van der Waals surface area contributed by atoms with Crippen LogP contribution < -0.4 is 10.5 Å². The molecule has 2 N–H and O–H groups in total. The van der Waals surface area contributed by atoms with Crippen LogP contribution in [0.3, 0.4) is 0 Å². The number of ether oxygens (including phenoxy) is 2. The lowest BCUT2D eigenvalue weighted by molar-refractivity contribution is 0.0672. The number of aromatic nitrogens is 1. The molecular formula is C24H26N4O3S. The summed E-state index contributed by atoms with van der Waals surface area (Å²) in [6.45, 7) is 2.83. The normalized spacial score (nSPS) is 16.8. The lowest BCUT2D eigenvalue weighted by Crippen LogP contribution is -2.48. The van der Waals surface area contributed by atoms with Gasteiger partial charge in [0.25, 0.3) is 5.91 Å². The number of nitrogens with zero attached hydrogens (tertiary/aromatic N) is 3. The van der Waals surface area contributed by atoms with E-state index in [1.54, 1.807) is 14.2 Å². The Labute approximate surface area is 190 Å². The molecule has 32 heavy (non-hydrogen) atoms. The van der Waals surface area contributed by atoms with Crippen LogP contribution >= 0.6 is 11.3 Å². The standard InChI is InChI=1S/C24H26N4O3S/c1-30-16-7-8-18-15(13-16)14-17-21(25)22(32-23(17)26-18)24(29)28-11-9-27(10-12-28)19-5-3-4-6-20(19)31-2/h3,5,7-8,13-14H,4,6,9-12,25H2,1-2H3. The highest BCUT2D eigenvalue weighted by Crippen LogP contribution is 2.36. The minimum atomic E-state index is -0.0214. The average Bonchev–Trinajstić information content (AvgIpc) is 3.17. The Kier molecular flexibility index (Phi) is 5.38. The molecule has 1 fully saturated rings. The maximum absolute atomic E-state index is 13.3. The predicted octanol–water partition coefficient (Wildman–Crippen LogP) is 4.01. The first-order valence-electron chi connectivity index (χ1n) is 10.7. The molecule has 1 aliphatic carbocycles. The van der Waals surface area contributed by atoms with Crippen molar-refractivity contribution in [3.8, 4) is 5.75 Å². The Morgan fingerprint density at radius 2 is 1.94 bits per heavy atom. The third kappa shape index (κ3) is 3.54. The van der Waals surface area contributed by atoms with Crippen LogP contribution in [0.4, 0.5) is 5.69 Å². The number of hydrogen-bond acceptors (Lipinski definition) is 7. The Morgan fingerprint density at radius 1 is 1.12 bits per heavy atom. The molecule has 8 heteroatoms. The first-order valence-corrected chi connectivity index (χ1v) is 11.6. The van der Waals surface area contributed by atoms with Crippen LogP contribution in [0.25, 0.3) is 21.1 Å². The number of thiophene rings is 1. The molecule has 1 saturated heterocycles. The van der Waals surface area contributed by atoms with Crippen LogP contribution in [0.2, 0.25) is 0 Å². The number of amides is 1. The van der Waals surface area contributed by atoms with Crippen LogP contribution in [-0.4, -0.2) is 61.1 Å². The van der Waals surface area contributed by atoms with E-state index in [2.05, 4.69) is 17.1 Å². The number of carbonyl (C=O) groups excluding carboxylic acids is 1. The number of allylic oxidation sites excluding steroid dienone is 3. The quantitative estimate of drug-likeness (QED) is 0.647. The van der Waals surface area contributed by atoms with Crippen molar-refractivity contribution in [2.45, 2.75) is 12.8 Å². The van der Waals surface area contributed by atoms with Crippen molar-refractivity contribution in [3.05, 3.63) is 52.8 Å². The molecule has 0 atom stereocenters. The van der Waals surface area contributed by atoms with Gasteiger partial charge in [0, 0.05) is 43.4 Å². The van der Waals surface area contributed by atoms with Crippen molar-refractivity contribution in [1.29, 1.82) is 0 Å². The number of nitrogen functional groups attached to an aromatic ring is 1. The highest BCUT2D eigenvalue weighted by Gasteiger charge is 2.28. The summed E-state index contributed by atoms with van der Waals surface area (Å²) in [6.07, 6.45) is 6.24. The van der Waals surface area contributed by atoms with Crippen LogP contribution in [0.5, 0.6) is 5.75 Å². The molecule has 1 aromatic carbocycles. The van der Waals surface area contributed by atoms with Gasteiger partial charge in [-0.3, -0.25) is 4.79 Å². The Balaban J connectivity index is 1.38. The monoisotopic (exact) mass is 450 g/mol. The molecule has 3 heterocycles. The maximum Gasteiger partial charge on any atom is 0.266 e. The molecule has 2 aromatic heterocycles. The summed E-state index contributed by atoms with van der Waals surface area (Å²) < 4.78 is 10.9. The van der Waals surface area contributed by atoms with E-state index in [-0.39, 0.29) is 5.91 Å². The molecule has 166 valence electrons. The van der Waals surface area contributed by atoms with Crippen molar-refractivity contribution in [3.63, 3.8) is 0 Å². The summed E-state index contributed by atoms with van der Waals surface area (Å²) in [4.78, 5) is 23.6. The Bertz CT molecular complexity index is 1260. The van der Waals surface area contributed by atoms with Crippen molar-refractivity contribution >= 4 is 44.1 Å². The molecule has 1 aliphatic heterocycles. The number of pyridine rings is 1. The Hall–Kier alpha value is -3.26. The minimum Gasteiger partial charge on any atom is -0.499 e. The first-order chi connectivity index (χ1) is 15.6. The SMILES string of the molecule is COC1=C(N2CCN(C(=O)c3sc4nc5ccc(OC)cc5cc4c3N)CC2)C=CCC1. The van der Waals surface area contributed by atoms with Crippen molar-refractivity contribution < 1.29 is 14.3 Å². The van der Waals surface area contributed by atoms with Crippen LogP contribution in [0.15, 0.2) is 47.9 Å². The van der Waals surface area contributed by atoms with Gasteiger partial charge in [-0.25, -0.2) is 4.98 Å². The van der Waals surface area contributed by atoms with Gasteiger partial charge in [-0.2, -0.15) is 0 Å². The van der Waals surface area contributed by atoms with E-state index in [9.17, 15) is 4.79 Å². The number of benzene rings is 1. The molecule has 5 rings (SSSR count). The number of methoxy groups -OCH3 is 2. The lowest BCUT2D eigenvalue weighted by Gasteiger charge is -2.37. The third-order valence-corrected chi connectivity index (χ3v) is 7.27. The topological polar surface area (TPSA) is 80.9 Å². The second kappa shape index (κ2) is 8.35. The largest absolute Gasteiger partial charge is 0.499 e. The lowest BCUT2D eigenvalue weighted by atomic mass is 10.1. The molecule has 7 nitrogen and oxygen atoms in total. The number of fused-ring (bicyclic) bond motifs is 2. The van der Waals surface area contributed by atoms with E-state index in [0.717, 1.165) is 64.3 Å². The molecule has 1 amide bonds. The molecule has 0 unspecified atom stereocenters. The highest BCUT2D eigenvalue weighted by molar-refractivity contribution is 7.21. The molecule has 0 radical (unpaired) electrons. The second-order valence-corrected chi connectivity index (χ2v) is 8.98. The summed E-state index contributed by atoms with van der Waals surface area (Å²) in [5.74, 6) is 1.77. The molecule has 0 bridgehead atoms. The molecular weight excluding hydrogens is 424 g/mol. The van der Waals surface area contributed by atoms with E-state index < -0.39 is 0 Å². The van der Waals surface area contributed by atoms with Crippen LogP contribution in [0.1, 0.15) is 22.5 Å². The number of hydrogen-bond donors (Lipinski definition) is 1. The first kappa shape index (κ1) is 20.6. The summed E-state index contributed by atoms with van der Waals surface area (Å²) in [5.41, 5.74) is 8.94. The predicted molar refractivity (Wildman–Crippen MR) is 128 cm³/mol. The smallest absolute Gasteiger partial charge is 0.266 e. The van der Waals surface area contributed by atoms with E-state index in [1.807, 2.05) is 29.2 Å². The van der Waals surface area contributed by atoms with Gasteiger partial charge in [0.15, 0.2) is 0 Å². The fourth-order valence-corrected chi connectivity index (χ4v) is 5.43.